The van der Waals surface area contributed by atoms with E-state index in [1.165, 1.54) is 0 Å². The third-order valence-electron chi connectivity index (χ3n) is 1.87. The molecule has 0 spiro atoms. The highest BCUT2D eigenvalue weighted by Crippen LogP contribution is 2.07. The van der Waals surface area contributed by atoms with E-state index in [-0.39, 0.29) is 23.0 Å². The fourth-order valence-corrected chi connectivity index (χ4v) is 4.83. The van der Waals surface area contributed by atoms with E-state index in [4.69, 9.17) is 0 Å². The third kappa shape index (κ3) is 3.10. The van der Waals surface area contributed by atoms with Crippen LogP contribution >= 0.6 is 0 Å². The summed E-state index contributed by atoms with van der Waals surface area (Å²) in [5.74, 6) is -0.115. The molecule has 0 radical (unpaired) electrons. The average Bonchev–Trinajstić information content (AvgIpc) is 1.94. The molecule has 12 heavy (non-hydrogen) atoms. The van der Waals surface area contributed by atoms with E-state index in [2.05, 4.69) is 0 Å². The molecule has 0 saturated carbocycles. The van der Waals surface area contributed by atoms with Crippen molar-refractivity contribution in [3.63, 3.8) is 0 Å². The van der Waals surface area contributed by atoms with Gasteiger partial charge in [-0.25, -0.2) is 16.8 Å². The van der Waals surface area contributed by atoms with Crippen molar-refractivity contribution in [2.24, 2.45) is 0 Å². The van der Waals surface area contributed by atoms with Crippen LogP contribution in [0.2, 0.25) is 0 Å². The molecular formula is C6H12O4S2. The normalized spacial score (nSPS) is 28.7. The SMILES string of the molecule is O=S1(=O)CCCCS(=O)(=O)CC1. The third-order valence-corrected chi connectivity index (χ3v) is 5.60. The average molecular weight is 212 g/mol. The summed E-state index contributed by atoms with van der Waals surface area (Å²) in [6, 6.07) is 0. The first kappa shape index (κ1) is 9.98. The lowest BCUT2D eigenvalue weighted by Gasteiger charge is -2.09. The highest BCUT2D eigenvalue weighted by Gasteiger charge is 2.20. The highest BCUT2D eigenvalue weighted by molar-refractivity contribution is 7.95. The van der Waals surface area contributed by atoms with E-state index < -0.39 is 19.7 Å². The van der Waals surface area contributed by atoms with Crippen molar-refractivity contribution in [3.05, 3.63) is 0 Å². The molecule has 0 aromatic rings. The summed E-state index contributed by atoms with van der Waals surface area (Å²) in [6.45, 7) is 0. The molecule has 1 fully saturated rings. The molecule has 0 aromatic carbocycles. The van der Waals surface area contributed by atoms with Gasteiger partial charge >= 0.3 is 0 Å². The van der Waals surface area contributed by atoms with Crippen LogP contribution in [0.1, 0.15) is 12.8 Å². The standard InChI is InChI=1S/C6H12O4S2/c7-11(8)3-1-2-4-12(9,10)6-5-11/h1-6H2. The van der Waals surface area contributed by atoms with Gasteiger partial charge in [-0.15, -0.1) is 0 Å². The summed E-state index contributed by atoms with van der Waals surface area (Å²) in [4.78, 5) is 0. The summed E-state index contributed by atoms with van der Waals surface area (Å²) in [7, 11) is -6.19. The lowest BCUT2D eigenvalue weighted by Crippen LogP contribution is -2.24. The second-order valence-corrected chi connectivity index (χ2v) is 7.62. The maximum Gasteiger partial charge on any atom is 0.151 e. The van der Waals surface area contributed by atoms with Crippen LogP contribution in [-0.2, 0) is 19.7 Å². The summed E-state index contributed by atoms with van der Waals surface area (Å²) >= 11 is 0. The zero-order chi connectivity index (χ0) is 9.24. The summed E-state index contributed by atoms with van der Waals surface area (Å²) < 4.78 is 44.2. The number of hydrogen-bond acceptors (Lipinski definition) is 4. The van der Waals surface area contributed by atoms with Crippen molar-refractivity contribution in [2.75, 3.05) is 23.0 Å². The molecule has 1 saturated heterocycles. The minimum absolute atomic E-state index is 0.141. The van der Waals surface area contributed by atoms with E-state index in [0.29, 0.717) is 12.8 Å². The first-order valence-electron chi connectivity index (χ1n) is 3.82. The van der Waals surface area contributed by atoms with Gasteiger partial charge in [-0.1, -0.05) is 0 Å². The van der Waals surface area contributed by atoms with Crippen LogP contribution in [0, 0.1) is 0 Å². The predicted octanol–water partition coefficient (Wildman–Crippen LogP) is -0.390. The Morgan fingerprint density at radius 2 is 0.917 bits per heavy atom. The van der Waals surface area contributed by atoms with Crippen LogP contribution < -0.4 is 0 Å². The largest absolute Gasteiger partial charge is 0.229 e. The smallest absolute Gasteiger partial charge is 0.151 e. The van der Waals surface area contributed by atoms with Crippen molar-refractivity contribution in [1.82, 2.24) is 0 Å². The number of sulfone groups is 2. The molecule has 0 atom stereocenters. The fourth-order valence-electron chi connectivity index (χ4n) is 1.10. The Bertz CT molecular complexity index is 302. The molecule has 6 heteroatoms. The molecular weight excluding hydrogens is 200 g/mol. The molecule has 1 aliphatic rings. The topological polar surface area (TPSA) is 68.3 Å². The second-order valence-electron chi connectivity index (χ2n) is 3.01. The summed E-state index contributed by atoms with van der Waals surface area (Å²) in [5, 5.41) is 0. The van der Waals surface area contributed by atoms with Crippen molar-refractivity contribution < 1.29 is 16.8 Å². The molecule has 72 valence electrons. The minimum Gasteiger partial charge on any atom is -0.229 e. The van der Waals surface area contributed by atoms with E-state index in [1.807, 2.05) is 0 Å². The molecule has 0 bridgehead atoms. The Morgan fingerprint density at radius 1 is 0.583 bits per heavy atom. The minimum atomic E-state index is -3.09. The zero-order valence-corrected chi connectivity index (χ0v) is 8.33. The Kier molecular flexibility index (Phi) is 2.77. The van der Waals surface area contributed by atoms with Gasteiger partial charge < -0.3 is 0 Å². The first-order chi connectivity index (χ1) is 5.41. The number of rotatable bonds is 0. The molecule has 0 aliphatic carbocycles. The van der Waals surface area contributed by atoms with Crippen molar-refractivity contribution in [2.45, 2.75) is 12.8 Å². The van der Waals surface area contributed by atoms with Gasteiger partial charge in [-0.2, -0.15) is 0 Å². The molecule has 0 aromatic heterocycles. The van der Waals surface area contributed by atoms with Gasteiger partial charge in [0.1, 0.15) is 0 Å². The van der Waals surface area contributed by atoms with Crippen LogP contribution in [0.25, 0.3) is 0 Å². The Labute approximate surface area is 72.8 Å². The van der Waals surface area contributed by atoms with Gasteiger partial charge in [0, 0.05) is 0 Å². The van der Waals surface area contributed by atoms with Gasteiger partial charge in [0.05, 0.1) is 23.0 Å². The first-order valence-corrected chi connectivity index (χ1v) is 7.46. The van der Waals surface area contributed by atoms with E-state index in [1.54, 1.807) is 0 Å². The van der Waals surface area contributed by atoms with E-state index in [0.717, 1.165) is 0 Å². The monoisotopic (exact) mass is 212 g/mol. The van der Waals surface area contributed by atoms with Gasteiger partial charge in [0.2, 0.25) is 0 Å². The second kappa shape index (κ2) is 3.33. The maximum absolute atomic E-state index is 11.0. The van der Waals surface area contributed by atoms with Gasteiger partial charge in [0.25, 0.3) is 0 Å². The van der Waals surface area contributed by atoms with E-state index in [9.17, 15) is 16.8 Å². The van der Waals surface area contributed by atoms with Gasteiger partial charge in [0.15, 0.2) is 19.7 Å². The van der Waals surface area contributed by atoms with Crippen LogP contribution in [0.15, 0.2) is 0 Å². The van der Waals surface area contributed by atoms with E-state index >= 15 is 0 Å². The fraction of sp³-hybridized carbons (Fsp3) is 1.00. The van der Waals surface area contributed by atoms with Crippen molar-refractivity contribution in [3.8, 4) is 0 Å². The quantitative estimate of drug-likeness (QED) is 0.548. The van der Waals surface area contributed by atoms with Crippen LogP contribution in [0.5, 0.6) is 0 Å². The Morgan fingerprint density at radius 3 is 1.25 bits per heavy atom. The molecule has 0 unspecified atom stereocenters. The molecule has 4 nitrogen and oxygen atoms in total. The Balaban J connectivity index is 2.77. The highest BCUT2D eigenvalue weighted by atomic mass is 32.2. The van der Waals surface area contributed by atoms with Crippen molar-refractivity contribution >= 4 is 19.7 Å². The predicted molar refractivity (Wildman–Crippen MR) is 46.5 cm³/mol. The molecule has 1 aliphatic heterocycles. The summed E-state index contributed by atoms with van der Waals surface area (Å²) in [6.07, 6.45) is 0.948. The molecule has 1 rings (SSSR count). The molecule has 1 heterocycles. The van der Waals surface area contributed by atoms with Gasteiger partial charge in [-0.05, 0) is 12.8 Å². The lowest BCUT2D eigenvalue weighted by molar-refractivity contribution is 0.578. The van der Waals surface area contributed by atoms with Crippen LogP contribution in [-0.4, -0.2) is 39.8 Å². The summed E-state index contributed by atoms with van der Waals surface area (Å²) in [5.41, 5.74) is 0. The van der Waals surface area contributed by atoms with Crippen molar-refractivity contribution in [1.29, 1.82) is 0 Å². The van der Waals surface area contributed by atoms with Crippen LogP contribution in [0.3, 0.4) is 0 Å². The molecule has 0 amide bonds. The number of hydrogen-bond donors (Lipinski definition) is 0. The van der Waals surface area contributed by atoms with Gasteiger partial charge in [-0.3, -0.25) is 0 Å². The Hall–Kier alpha value is -0.100. The van der Waals surface area contributed by atoms with Crippen LogP contribution in [0.4, 0.5) is 0 Å². The lowest BCUT2D eigenvalue weighted by atomic mass is 10.4. The zero-order valence-electron chi connectivity index (χ0n) is 6.69. The molecule has 0 N–H and O–H groups in total. The maximum atomic E-state index is 11.0.